The third-order valence-electron chi connectivity index (χ3n) is 10.8. The number of rotatable bonds is 39. The number of unbranched alkanes of at least 4 members (excludes halogenated alkanes) is 13. The Hall–Kier alpha value is -3.15. The minimum atomic E-state index is -1.58. The summed E-state index contributed by atoms with van der Waals surface area (Å²) in [6.07, 6.45) is 56.1. The van der Waals surface area contributed by atoms with Crippen LogP contribution < -0.4 is 5.32 Å². The van der Waals surface area contributed by atoms with E-state index in [1.807, 2.05) is 6.08 Å². The molecule has 1 heterocycles. The highest BCUT2D eigenvalue weighted by molar-refractivity contribution is 5.76. The zero-order valence-corrected chi connectivity index (χ0v) is 39.3. The Bertz CT molecular complexity index is 1340. The Morgan fingerprint density at radius 3 is 1.51 bits per heavy atom. The van der Waals surface area contributed by atoms with Crippen LogP contribution in [0.5, 0.6) is 0 Å². The van der Waals surface area contributed by atoms with Crippen molar-refractivity contribution in [3.8, 4) is 0 Å². The summed E-state index contributed by atoms with van der Waals surface area (Å²) in [5.41, 5.74) is 0. The second kappa shape index (κ2) is 42.8. The standard InChI is InChI=1S/C54H89NO8/c1-3-5-7-9-11-12-13-14-15-16-17-18-19-20-21-22-23-24-25-26-27-28-29-30-31-32-33-34-35-36-38-40-42-44-50(58)55-47(48(57)43-41-39-37-10-8-6-4-2)46-62-54-53(61)52(60)51(59)49(45-56)63-54/h5,7-8,10-12,14-15,17-18,20-21,23-24,26-27,41,43,47-49,51-54,56-57,59-61H,3-4,6,9,13,16,19,22,25,28-40,42,44-46H2,1-2H3,(H,55,58)/b7-5-,10-8+,12-11-,15-14-,18-17-,21-20-,24-23-,27-26-,43-41+. The molecular weight excluding hydrogens is 791 g/mol. The molecule has 0 aromatic carbocycles. The molecule has 0 radical (unpaired) electrons. The summed E-state index contributed by atoms with van der Waals surface area (Å²) in [6, 6.07) is -0.827. The van der Waals surface area contributed by atoms with Gasteiger partial charge in [0.05, 0.1) is 25.4 Å². The van der Waals surface area contributed by atoms with E-state index in [-0.39, 0.29) is 12.5 Å². The lowest BCUT2D eigenvalue weighted by Gasteiger charge is -2.40. The van der Waals surface area contributed by atoms with Gasteiger partial charge >= 0.3 is 0 Å². The second-order valence-corrected chi connectivity index (χ2v) is 16.5. The van der Waals surface area contributed by atoms with Gasteiger partial charge in [0, 0.05) is 6.42 Å². The van der Waals surface area contributed by atoms with Gasteiger partial charge in [0.1, 0.15) is 24.4 Å². The van der Waals surface area contributed by atoms with Crippen LogP contribution in [-0.2, 0) is 14.3 Å². The van der Waals surface area contributed by atoms with Crippen molar-refractivity contribution in [3.05, 3.63) is 109 Å². The molecule has 9 nitrogen and oxygen atoms in total. The first-order chi connectivity index (χ1) is 30.8. The van der Waals surface area contributed by atoms with Crippen LogP contribution in [-0.4, -0.2) is 87.5 Å². The van der Waals surface area contributed by atoms with Gasteiger partial charge in [0.25, 0.3) is 0 Å². The van der Waals surface area contributed by atoms with E-state index in [1.54, 1.807) is 6.08 Å². The van der Waals surface area contributed by atoms with Crippen molar-refractivity contribution in [1.82, 2.24) is 5.32 Å². The Morgan fingerprint density at radius 2 is 1.00 bits per heavy atom. The van der Waals surface area contributed by atoms with Gasteiger partial charge in [0.2, 0.25) is 5.91 Å². The molecule has 358 valence electrons. The van der Waals surface area contributed by atoms with Crippen LogP contribution in [0.1, 0.15) is 168 Å². The maximum absolute atomic E-state index is 12.9. The van der Waals surface area contributed by atoms with Gasteiger partial charge in [-0.2, -0.15) is 0 Å². The molecule has 0 aliphatic carbocycles. The molecule has 7 atom stereocenters. The Morgan fingerprint density at radius 1 is 0.556 bits per heavy atom. The average Bonchev–Trinajstić information content (AvgIpc) is 3.28. The number of ether oxygens (including phenoxy) is 2. The fourth-order valence-electron chi connectivity index (χ4n) is 6.92. The summed E-state index contributed by atoms with van der Waals surface area (Å²) < 4.78 is 11.1. The van der Waals surface area contributed by atoms with Gasteiger partial charge < -0.3 is 40.3 Å². The van der Waals surface area contributed by atoms with E-state index in [1.165, 1.54) is 44.9 Å². The third kappa shape index (κ3) is 33.1. The molecule has 1 aliphatic heterocycles. The van der Waals surface area contributed by atoms with E-state index in [0.29, 0.717) is 6.42 Å². The van der Waals surface area contributed by atoms with E-state index in [4.69, 9.17) is 9.47 Å². The first-order valence-corrected chi connectivity index (χ1v) is 24.6. The molecule has 0 bridgehead atoms. The van der Waals surface area contributed by atoms with Crippen molar-refractivity contribution in [3.63, 3.8) is 0 Å². The number of hydrogen-bond donors (Lipinski definition) is 6. The molecule has 1 rings (SSSR count). The van der Waals surface area contributed by atoms with Gasteiger partial charge in [0.15, 0.2) is 6.29 Å². The van der Waals surface area contributed by atoms with Crippen LogP contribution in [0.25, 0.3) is 0 Å². The summed E-state index contributed by atoms with van der Waals surface area (Å²) in [7, 11) is 0. The van der Waals surface area contributed by atoms with Crippen molar-refractivity contribution in [2.75, 3.05) is 13.2 Å². The lowest BCUT2D eigenvalue weighted by Crippen LogP contribution is -2.60. The number of aliphatic hydroxyl groups is 5. The molecule has 1 amide bonds. The molecule has 63 heavy (non-hydrogen) atoms. The zero-order chi connectivity index (χ0) is 45.9. The van der Waals surface area contributed by atoms with Crippen molar-refractivity contribution < 1.29 is 39.8 Å². The van der Waals surface area contributed by atoms with Gasteiger partial charge in [-0.05, 0) is 83.5 Å². The summed E-state index contributed by atoms with van der Waals surface area (Å²) in [5.74, 6) is -0.201. The fourth-order valence-corrected chi connectivity index (χ4v) is 6.92. The molecular formula is C54H89NO8. The predicted octanol–water partition coefficient (Wildman–Crippen LogP) is 11.1. The monoisotopic (exact) mass is 880 g/mol. The van der Waals surface area contributed by atoms with Crippen molar-refractivity contribution >= 4 is 5.91 Å². The molecule has 6 N–H and O–H groups in total. The van der Waals surface area contributed by atoms with Crippen LogP contribution in [0, 0.1) is 0 Å². The van der Waals surface area contributed by atoms with Crippen molar-refractivity contribution in [2.24, 2.45) is 0 Å². The first-order valence-electron chi connectivity index (χ1n) is 24.6. The molecule has 1 fully saturated rings. The predicted molar refractivity (Wildman–Crippen MR) is 262 cm³/mol. The largest absolute Gasteiger partial charge is 0.394 e. The number of carbonyl (C=O) groups excluding carboxylic acids is 1. The lowest BCUT2D eigenvalue weighted by atomic mass is 9.99. The van der Waals surface area contributed by atoms with Crippen LogP contribution in [0.15, 0.2) is 109 Å². The Labute approximate surface area is 383 Å². The van der Waals surface area contributed by atoms with Gasteiger partial charge in [-0.15, -0.1) is 0 Å². The number of nitrogens with one attached hydrogen (secondary N) is 1. The minimum Gasteiger partial charge on any atom is -0.394 e. The molecule has 0 saturated carbocycles. The van der Waals surface area contributed by atoms with Gasteiger partial charge in [-0.25, -0.2) is 0 Å². The summed E-state index contributed by atoms with van der Waals surface area (Å²) >= 11 is 0. The highest BCUT2D eigenvalue weighted by Gasteiger charge is 2.44. The minimum absolute atomic E-state index is 0.201. The maximum Gasteiger partial charge on any atom is 0.220 e. The van der Waals surface area contributed by atoms with E-state index in [2.05, 4.69) is 116 Å². The Balaban J connectivity index is 2.13. The molecule has 0 aromatic heterocycles. The highest BCUT2D eigenvalue weighted by atomic mass is 16.7. The quantitative estimate of drug-likeness (QED) is 0.0264. The highest BCUT2D eigenvalue weighted by Crippen LogP contribution is 2.22. The number of hydrogen-bond acceptors (Lipinski definition) is 8. The zero-order valence-electron chi connectivity index (χ0n) is 39.3. The molecule has 0 aromatic rings. The van der Waals surface area contributed by atoms with Gasteiger partial charge in [-0.1, -0.05) is 187 Å². The van der Waals surface area contributed by atoms with Crippen molar-refractivity contribution in [1.29, 1.82) is 0 Å². The third-order valence-corrected chi connectivity index (χ3v) is 10.8. The van der Waals surface area contributed by atoms with Crippen LogP contribution in [0.3, 0.4) is 0 Å². The van der Waals surface area contributed by atoms with Crippen LogP contribution in [0.2, 0.25) is 0 Å². The number of carbonyl (C=O) groups is 1. The molecule has 9 heteroatoms. The summed E-state index contributed by atoms with van der Waals surface area (Å²) in [5, 5.41) is 53.9. The lowest BCUT2D eigenvalue weighted by molar-refractivity contribution is -0.302. The maximum atomic E-state index is 12.9. The van der Waals surface area contributed by atoms with E-state index in [9.17, 15) is 30.3 Å². The molecule has 1 saturated heterocycles. The number of aliphatic hydroxyl groups excluding tert-OH is 5. The van der Waals surface area contributed by atoms with Crippen LogP contribution >= 0.6 is 0 Å². The fraction of sp³-hybridized carbons (Fsp3) is 0.648. The summed E-state index contributed by atoms with van der Waals surface area (Å²) in [4.78, 5) is 12.9. The first kappa shape index (κ1) is 57.9. The van der Waals surface area contributed by atoms with E-state index in [0.717, 1.165) is 103 Å². The number of amides is 1. The normalized spacial score (nSPS) is 21.2. The molecule has 7 unspecified atom stereocenters. The van der Waals surface area contributed by atoms with Gasteiger partial charge in [-0.3, -0.25) is 4.79 Å². The van der Waals surface area contributed by atoms with Crippen LogP contribution in [0.4, 0.5) is 0 Å². The molecule has 0 spiro atoms. The van der Waals surface area contributed by atoms with Crippen molar-refractivity contribution in [2.45, 2.75) is 211 Å². The van der Waals surface area contributed by atoms with E-state index < -0.39 is 49.5 Å². The summed E-state index contributed by atoms with van der Waals surface area (Å²) in [6.45, 7) is 3.50. The second-order valence-electron chi connectivity index (χ2n) is 16.5. The SMILES string of the molecule is CC/C=C\C/C=C\C/C=C\C/C=C\C/C=C\C/C=C\C/C=C\CCCCCCCCCCCCCC(=O)NC(COC1OC(CO)C(O)C(O)C1O)C(O)/C=C/CC/C=C/CCC. The Kier molecular flexibility index (Phi) is 39.3. The average molecular weight is 880 g/mol. The number of allylic oxidation sites excluding steroid dienone is 17. The smallest absolute Gasteiger partial charge is 0.220 e. The molecule has 1 aliphatic rings. The topological polar surface area (TPSA) is 149 Å². The van der Waals surface area contributed by atoms with E-state index >= 15 is 0 Å².